The molecule has 19 heavy (non-hydrogen) atoms. The molecule has 3 N–H and O–H groups in total. The molecule has 0 radical (unpaired) electrons. The highest BCUT2D eigenvalue weighted by atomic mass is 79.9. The zero-order valence-corrected chi connectivity index (χ0v) is 12.6. The van der Waals surface area contributed by atoms with Gasteiger partial charge in [-0.05, 0) is 24.3 Å². The second-order valence-electron chi connectivity index (χ2n) is 3.89. The van der Waals surface area contributed by atoms with Gasteiger partial charge in [-0.15, -0.1) is 11.8 Å². The summed E-state index contributed by atoms with van der Waals surface area (Å²) in [7, 11) is 0. The predicted octanol–water partition coefficient (Wildman–Crippen LogP) is 2.64. The van der Waals surface area contributed by atoms with Gasteiger partial charge >= 0.3 is 0 Å². The van der Waals surface area contributed by atoms with Crippen LogP contribution in [-0.4, -0.2) is 30.7 Å². The van der Waals surface area contributed by atoms with Gasteiger partial charge in [0.2, 0.25) is 5.91 Å². The molecule has 0 aliphatic rings. The van der Waals surface area contributed by atoms with Gasteiger partial charge in [-0.3, -0.25) is 4.79 Å². The summed E-state index contributed by atoms with van der Waals surface area (Å²) >= 11 is 4.83. The van der Waals surface area contributed by atoms with Gasteiger partial charge in [-0.2, -0.15) is 0 Å². The van der Waals surface area contributed by atoms with Crippen LogP contribution in [0.5, 0.6) is 0 Å². The van der Waals surface area contributed by atoms with E-state index in [9.17, 15) is 13.6 Å². The Labute approximate surface area is 123 Å². The van der Waals surface area contributed by atoms with E-state index < -0.39 is 24.9 Å². The van der Waals surface area contributed by atoms with E-state index >= 15 is 0 Å². The van der Waals surface area contributed by atoms with Gasteiger partial charge in [0.05, 0.1) is 13.1 Å². The quantitative estimate of drug-likeness (QED) is 0.741. The lowest BCUT2D eigenvalue weighted by Gasteiger charge is -2.14. The molecule has 0 aliphatic carbocycles. The van der Waals surface area contributed by atoms with Crippen molar-refractivity contribution in [2.75, 3.05) is 18.8 Å². The lowest BCUT2D eigenvalue weighted by atomic mass is 10.3. The first kappa shape index (κ1) is 16.4. The van der Waals surface area contributed by atoms with Gasteiger partial charge in [0.25, 0.3) is 5.92 Å². The van der Waals surface area contributed by atoms with Crippen LogP contribution in [0.2, 0.25) is 0 Å². The molecule has 0 saturated carbocycles. The number of amides is 1. The molecule has 106 valence electrons. The van der Waals surface area contributed by atoms with Crippen LogP contribution in [-0.2, 0) is 4.79 Å². The van der Waals surface area contributed by atoms with E-state index in [1.165, 1.54) is 11.8 Å². The number of carbonyl (C=O) groups is 1. The molecule has 0 unspecified atom stereocenters. The highest BCUT2D eigenvalue weighted by Gasteiger charge is 2.26. The fourth-order valence-corrected chi connectivity index (χ4v) is 2.30. The molecule has 1 rings (SSSR count). The molecule has 3 nitrogen and oxygen atoms in total. The maximum Gasteiger partial charge on any atom is 0.277 e. The SMILES string of the molecule is NCC(F)(F)CNC(=O)CCSc1ccc(Br)cc1. The number of alkyl halides is 2. The van der Waals surface area contributed by atoms with E-state index in [0.29, 0.717) is 5.75 Å². The van der Waals surface area contributed by atoms with Gasteiger partial charge in [0, 0.05) is 21.5 Å². The summed E-state index contributed by atoms with van der Waals surface area (Å²) in [5.41, 5.74) is 4.87. The van der Waals surface area contributed by atoms with Crippen molar-refractivity contribution in [3.05, 3.63) is 28.7 Å². The minimum atomic E-state index is -3.03. The number of nitrogens with one attached hydrogen (secondary N) is 1. The maximum atomic E-state index is 12.8. The van der Waals surface area contributed by atoms with Crippen molar-refractivity contribution in [3.8, 4) is 0 Å². The highest BCUT2D eigenvalue weighted by molar-refractivity contribution is 9.10. The van der Waals surface area contributed by atoms with Crippen molar-refractivity contribution in [3.63, 3.8) is 0 Å². The van der Waals surface area contributed by atoms with Crippen molar-refractivity contribution >= 4 is 33.6 Å². The molecule has 1 aromatic carbocycles. The number of nitrogens with two attached hydrogens (primary N) is 1. The standard InChI is InChI=1S/C12H15BrF2N2OS/c13-9-1-3-10(4-2-9)19-6-5-11(18)17-8-12(14,15)7-16/h1-4H,5-8,16H2,(H,17,18). The smallest absolute Gasteiger partial charge is 0.277 e. The zero-order valence-electron chi connectivity index (χ0n) is 10.2. The van der Waals surface area contributed by atoms with Crippen LogP contribution in [0.25, 0.3) is 0 Å². The van der Waals surface area contributed by atoms with E-state index in [-0.39, 0.29) is 6.42 Å². The Kier molecular flexibility index (Phi) is 6.74. The molecule has 0 aliphatic heterocycles. The normalized spacial score (nSPS) is 11.4. The minimum Gasteiger partial charge on any atom is -0.350 e. The molecule has 1 aromatic rings. The molecule has 0 aromatic heterocycles. The first-order valence-electron chi connectivity index (χ1n) is 5.66. The maximum absolute atomic E-state index is 12.8. The van der Waals surface area contributed by atoms with Crippen LogP contribution in [0.15, 0.2) is 33.6 Å². The Hall–Kier alpha value is -0.660. The minimum absolute atomic E-state index is 0.196. The number of benzene rings is 1. The molecule has 0 bridgehead atoms. The number of hydrogen-bond acceptors (Lipinski definition) is 3. The summed E-state index contributed by atoms with van der Waals surface area (Å²) < 4.78 is 26.6. The average molecular weight is 353 g/mol. The third kappa shape index (κ3) is 6.89. The Morgan fingerprint density at radius 3 is 2.58 bits per heavy atom. The van der Waals surface area contributed by atoms with Gasteiger partial charge in [0.1, 0.15) is 0 Å². The molecule has 0 saturated heterocycles. The average Bonchev–Trinajstić information content (AvgIpc) is 2.39. The van der Waals surface area contributed by atoms with Crippen molar-refractivity contribution in [1.82, 2.24) is 5.32 Å². The van der Waals surface area contributed by atoms with Crippen LogP contribution in [0.4, 0.5) is 8.78 Å². The number of carbonyl (C=O) groups excluding carboxylic acids is 1. The summed E-state index contributed by atoms with van der Waals surface area (Å²) in [6.45, 7) is -1.47. The van der Waals surface area contributed by atoms with Crippen molar-refractivity contribution < 1.29 is 13.6 Å². The predicted molar refractivity (Wildman–Crippen MR) is 76.5 cm³/mol. The third-order valence-electron chi connectivity index (χ3n) is 2.25. The lowest BCUT2D eigenvalue weighted by Crippen LogP contribution is -2.41. The molecule has 0 spiro atoms. The highest BCUT2D eigenvalue weighted by Crippen LogP contribution is 2.21. The van der Waals surface area contributed by atoms with Gasteiger partial charge in [-0.1, -0.05) is 15.9 Å². The molecular formula is C12H15BrF2N2OS. The summed E-state index contributed by atoms with van der Waals surface area (Å²) in [5.74, 6) is -2.88. The van der Waals surface area contributed by atoms with Crippen LogP contribution < -0.4 is 11.1 Å². The van der Waals surface area contributed by atoms with E-state index in [0.717, 1.165) is 9.37 Å². The van der Waals surface area contributed by atoms with Gasteiger partial charge in [-0.25, -0.2) is 8.78 Å². The molecule has 0 heterocycles. The number of rotatable bonds is 7. The second-order valence-corrected chi connectivity index (χ2v) is 5.97. The van der Waals surface area contributed by atoms with Crippen molar-refractivity contribution in [2.24, 2.45) is 5.73 Å². The Bertz CT molecular complexity index is 415. The second kappa shape index (κ2) is 7.81. The van der Waals surface area contributed by atoms with Gasteiger partial charge in [0.15, 0.2) is 0 Å². The van der Waals surface area contributed by atoms with E-state index in [1.54, 1.807) is 0 Å². The summed E-state index contributed by atoms with van der Waals surface area (Å²) in [5, 5.41) is 2.18. The fraction of sp³-hybridized carbons (Fsp3) is 0.417. The van der Waals surface area contributed by atoms with Crippen LogP contribution in [0, 0.1) is 0 Å². The topological polar surface area (TPSA) is 55.1 Å². The van der Waals surface area contributed by atoms with Crippen molar-refractivity contribution in [2.45, 2.75) is 17.2 Å². The summed E-state index contributed by atoms with van der Waals surface area (Å²) in [6, 6.07) is 7.67. The Morgan fingerprint density at radius 1 is 1.37 bits per heavy atom. The number of halogens is 3. The molecule has 1 amide bonds. The Balaban J connectivity index is 2.22. The summed E-state index contributed by atoms with van der Waals surface area (Å²) in [6.07, 6.45) is 0.196. The molecule has 0 fully saturated rings. The van der Waals surface area contributed by atoms with Crippen molar-refractivity contribution in [1.29, 1.82) is 0 Å². The molecule has 7 heteroatoms. The first-order valence-corrected chi connectivity index (χ1v) is 7.44. The van der Waals surface area contributed by atoms with E-state index in [4.69, 9.17) is 5.73 Å². The summed E-state index contributed by atoms with van der Waals surface area (Å²) in [4.78, 5) is 12.4. The largest absolute Gasteiger partial charge is 0.350 e. The molecule has 0 atom stereocenters. The zero-order chi connectivity index (χ0) is 14.3. The van der Waals surface area contributed by atoms with Crippen LogP contribution >= 0.6 is 27.7 Å². The van der Waals surface area contributed by atoms with Gasteiger partial charge < -0.3 is 11.1 Å². The fourth-order valence-electron chi connectivity index (χ4n) is 1.18. The first-order chi connectivity index (χ1) is 8.93. The number of thioether (sulfide) groups is 1. The Morgan fingerprint density at radius 2 is 2.00 bits per heavy atom. The van der Waals surface area contributed by atoms with E-state index in [1.807, 2.05) is 24.3 Å². The van der Waals surface area contributed by atoms with Crippen LogP contribution in [0.3, 0.4) is 0 Å². The third-order valence-corrected chi connectivity index (χ3v) is 3.80. The molecular weight excluding hydrogens is 338 g/mol. The van der Waals surface area contributed by atoms with Crippen LogP contribution in [0.1, 0.15) is 6.42 Å². The monoisotopic (exact) mass is 352 g/mol. The van der Waals surface area contributed by atoms with E-state index in [2.05, 4.69) is 21.2 Å². The lowest BCUT2D eigenvalue weighted by molar-refractivity contribution is -0.122. The number of hydrogen-bond donors (Lipinski definition) is 2.